The second-order valence-corrected chi connectivity index (χ2v) is 7.94. The van der Waals surface area contributed by atoms with Gasteiger partial charge in [0.2, 0.25) is 0 Å². The number of rotatable bonds is 8. The van der Waals surface area contributed by atoms with Crippen LogP contribution in [-0.2, 0) is 16.1 Å². The molecule has 3 aromatic carbocycles. The standard InChI is InChI=1S/C25H23NO4S/c1-3-28-25(27)15-30-23-11-10-21(12-17(23)2)29-14-24-26-22(16-31-24)20-9-8-18-6-4-5-7-19(18)13-20/h4-13,16H,3,14-15H2,1-2H3. The maximum atomic E-state index is 11.4. The van der Waals surface area contributed by atoms with Crippen molar-refractivity contribution in [3.8, 4) is 22.8 Å². The average molecular weight is 434 g/mol. The lowest BCUT2D eigenvalue weighted by Crippen LogP contribution is -2.14. The average Bonchev–Trinajstić information content (AvgIpc) is 3.26. The minimum Gasteiger partial charge on any atom is -0.486 e. The van der Waals surface area contributed by atoms with Crippen molar-refractivity contribution in [3.05, 3.63) is 76.6 Å². The van der Waals surface area contributed by atoms with E-state index in [0.29, 0.717) is 19.0 Å². The van der Waals surface area contributed by atoms with Crippen molar-refractivity contribution in [1.29, 1.82) is 0 Å². The molecular formula is C25H23NO4S. The van der Waals surface area contributed by atoms with Gasteiger partial charge in [-0.15, -0.1) is 11.3 Å². The Labute approximate surface area is 185 Å². The van der Waals surface area contributed by atoms with Crippen molar-refractivity contribution >= 4 is 28.1 Å². The van der Waals surface area contributed by atoms with Gasteiger partial charge in [0.25, 0.3) is 0 Å². The van der Waals surface area contributed by atoms with Gasteiger partial charge >= 0.3 is 5.97 Å². The summed E-state index contributed by atoms with van der Waals surface area (Å²) in [5, 5.41) is 5.38. The number of aromatic nitrogens is 1. The lowest BCUT2D eigenvalue weighted by molar-refractivity contribution is -0.145. The molecule has 0 saturated carbocycles. The summed E-state index contributed by atoms with van der Waals surface area (Å²) >= 11 is 1.58. The highest BCUT2D eigenvalue weighted by molar-refractivity contribution is 7.09. The number of hydrogen-bond acceptors (Lipinski definition) is 6. The van der Waals surface area contributed by atoms with Gasteiger partial charge in [0.1, 0.15) is 23.1 Å². The zero-order valence-electron chi connectivity index (χ0n) is 17.5. The lowest BCUT2D eigenvalue weighted by Gasteiger charge is -2.10. The molecular weight excluding hydrogens is 410 g/mol. The monoisotopic (exact) mass is 433 g/mol. The summed E-state index contributed by atoms with van der Waals surface area (Å²) in [6.45, 7) is 4.30. The third-order valence-electron chi connectivity index (χ3n) is 4.76. The van der Waals surface area contributed by atoms with Crippen LogP contribution in [0.4, 0.5) is 0 Å². The highest BCUT2D eigenvalue weighted by Gasteiger charge is 2.09. The Morgan fingerprint density at radius 3 is 2.65 bits per heavy atom. The highest BCUT2D eigenvalue weighted by Crippen LogP contribution is 2.27. The number of fused-ring (bicyclic) bond motifs is 1. The minimum atomic E-state index is -0.381. The molecule has 0 unspecified atom stereocenters. The van der Waals surface area contributed by atoms with Crippen LogP contribution in [0.15, 0.2) is 66.0 Å². The zero-order valence-corrected chi connectivity index (χ0v) is 18.3. The summed E-state index contributed by atoms with van der Waals surface area (Å²) in [5.41, 5.74) is 2.94. The molecule has 6 heteroatoms. The van der Waals surface area contributed by atoms with Crippen molar-refractivity contribution in [2.75, 3.05) is 13.2 Å². The van der Waals surface area contributed by atoms with E-state index >= 15 is 0 Å². The molecule has 5 nitrogen and oxygen atoms in total. The van der Waals surface area contributed by atoms with Crippen LogP contribution in [0, 0.1) is 6.92 Å². The van der Waals surface area contributed by atoms with Gasteiger partial charge in [-0.3, -0.25) is 0 Å². The van der Waals surface area contributed by atoms with Gasteiger partial charge in [0, 0.05) is 10.9 Å². The molecule has 158 valence electrons. The molecule has 0 fully saturated rings. The largest absolute Gasteiger partial charge is 0.486 e. The van der Waals surface area contributed by atoms with Crippen molar-refractivity contribution in [2.45, 2.75) is 20.5 Å². The summed E-state index contributed by atoms with van der Waals surface area (Å²) in [6, 6.07) is 20.2. The molecule has 4 rings (SSSR count). The van der Waals surface area contributed by atoms with E-state index in [1.54, 1.807) is 24.3 Å². The highest BCUT2D eigenvalue weighted by atomic mass is 32.1. The van der Waals surface area contributed by atoms with Crippen LogP contribution in [0.25, 0.3) is 22.0 Å². The van der Waals surface area contributed by atoms with Crippen molar-refractivity contribution < 1.29 is 19.0 Å². The van der Waals surface area contributed by atoms with E-state index in [2.05, 4.69) is 35.7 Å². The maximum absolute atomic E-state index is 11.4. The van der Waals surface area contributed by atoms with Gasteiger partial charge < -0.3 is 14.2 Å². The third-order valence-corrected chi connectivity index (χ3v) is 5.58. The van der Waals surface area contributed by atoms with E-state index in [0.717, 1.165) is 27.6 Å². The summed E-state index contributed by atoms with van der Waals surface area (Å²) in [5.74, 6) is 0.977. The molecule has 0 spiro atoms. The number of nitrogens with zero attached hydrogens (tertiary/aromatic N) is 1. The molecule has 0 aliphatic rings. The van der Waals surface area contributed by atoms with Gasteiger partial charge in [0.15, 0.2) is 6.61 Å². The third kappa shape index (κ3) is 5.22. The molecule has 0 amide bonds. The van der Waals surface area contributed by atoms with Crippen molar-refractivity contribution in [2.24, 2.45) is 0 Å². The van der Waals surface area contributed by atoms with Gasteiger partial charge in [0.05, 0.1) is 12.3 Å². The van der Waals surface area contributed by atoms with Crippen molar-refractivity contribution in [3.63, 3.8) is 0 Å². The van der Waals surface area contributed by atoms with Crippen LogP contribution in [0.5, 0.6) is 11.5 Å². The Kier molecular flexibility index (Phi) is 6.48. The smallest absolute Gasteiger partial charge is 0.344 e. The van der Waals surface area contributed by atoms with E-state index in [9.17, 15) is 4.79 Å². The molecule has 4 aromatic rings. The first-order valence-electron chi connectivity index (χ1n) is 10.1. The van der Waals surface area contributed by atoms with E-state index in [1.807, 2.05) is 31.2 Å². The molecule has 0 bridgehead atoms. The number of benzene rings is 3. The maximum Gasteiger partial charge on any atom is 0.344 e. The molecule has 0 aliphatic carbocycles. The number of esters is 1. The summed E-state index contributed by atoms with van der Waals surface area (Å²) in [7, 11) is 0. The SMILES string of the molecule is CCOC(=O)COc1ccc(OCc2nc(-c3ccc4ccccc4c3)cs2)cc1C. The Bertz CT molecular complexity index is 1200. The minimum absolute atomic E-state index is 0.106. The molecule has 1 heterocycles. The first-order chi connectivity index (χ1) is 15.1. The normalized spacial score (nSPS) is 10.8. The van der Waals surface area contributed by atoms with Crippen LogP contribution < -0.4 is 9.47 Å². The molecule has 0 N–H and O–H groups in total. The second kappa shape index (κ2) is 9.62. The van der Waals surface area contributed by atoms with Crippen LogP contribution in [0.1, 0.15) is 17.5 Å². The predicted octanol–water partition coefficient (Wildman–Crippen LogP) is 5.79. The first kappa shape index (κ1) is 20.9. The Morgan fingerprint density at radius 2 is 1.84 bits per heavy atom. The van der Waals surface area contributed by atoms with Gasteiger partial charge in [-0.25, -0.2) is 9.78 Å². The number of carbonyl (C=O) groups excluding carboxylic acids is 1. The molecule has 0 saturated heterocycles. The Hall–Kier alpha value is -3.38. The molecule has 0 radical (unpaired) electrons. The summed E-state index contributed by atoms with van der Waals surface area (Å²) in [6.07, 6.45) is 0. The van der Waals surface area contributed by atoms with E-state index in [4.69, 9.17) is 19.2 Å². The second-order valence-electron chi connectivity index (χ2n) is 7.00. The number of hydrogen-bond donors (Lipinski definition) is 0. The van der Waals surface area contributed by atoms with E-state index in [1.165, 1.54) is 10.8 Å². The topological polar surface area (TPSA) is 57.7 Å². The fourth-order valence-electron chi connectivity index (χ4n) is 3.22. The van der Waals surface area contributed by atoms with Gasteiger partial charge in [-0.2, -0.15) is 0 Å². The first-order valence-corrected chi connectivity index (χ1v) is 11.0. The van der Waals surface area contributed by atoms with Crippen molar-refractivity contribution in [1.82, 2.24) is 4.98 Å². The fraction of sp³-hybridized carbons (Fsp3) is 0.200. The number of carbonyl (C=O) groups is 1. The quantitative estimate of drug-likeness (QED) is 0.329. The van der Waals surface area contributed by atoms with Crippen LogP contribution >= 0.6 is 11.3 Å². The number of thiazole rings is 1. The molecule has 0 aliphatic heterocycles. The van der Waals surface area contributed by atoms with Crippen LogP contribution in [0.3, 0.4) is 0 Å². The lowest BCUT2D eigenvalue weighted by atomic mass is 10.1. The molecule has 1 aromatic heterocycles. The van der Waals surface area contributed by atoms with Crippen LogP contribution in [-0.4, -0.2) is 24.2 Å². The van der Waals surface area contributed by atoms with Gasteiger partial charge in [-0.05, 0) is 54.4 Å². The fourth-order valence-corrected chi connectivity index (χ4v) is 3.93. The zero-order chi connectivity index (χ0) is 21.6. The number of ether oxygens (including phenoxy) is 3. The Balaban J connectivity index is 1.38. The predicted molar refractivity (Wildman–Crippen MR) is 123 cm³/mol. The summed E-state index contributed by atoms with van der Waals surface area (Å²) in [4.78, 5) is 16.2. The molecule has 0 atom stereocenters. The van der Waals surface area contributed by atoms with Gasteiger partial charge in [-0.1, -0.05) is 36.4 Å². The van der Waals surface area contributed by atoms with Crippen LogP contribution in [0.2, 0.25) is 0 Å². The van der Waals surface area contributed by atoms with E-state index < -0.39 is 0 Å². The Morgan fingerprint density at radius 1 is 1.00 bits per heavy atom. The number of aryl methyl sites for hydroxylation is 1. The summed E-state index contributed by atoms with van der Waals surface area (Å²) < 4.78 is 16.3. The van der Waals surface area contributed by atoms with E-state index in [-0.39, 0.29) is 12.6 Å². The molecule has 31 heavy (non-hydrogen) atoms.